The van der Waals surface area contributed by atoms with Gasteiger partial charge in [0.15, 0.2) is 0 Å². The highest BCUT2D eigenvalue weighted by Gasteiger charge is 2.25. The number of aliphatic hydroxyl groups excluding tert-OH is 2. The van der Waals surface area contributed by atoms with Gasteiger partial charge >= 0.3 is 0 Å². The van der Waals surface area contributed by atoms with E-state index in [-0.39, 0.29) is 11.7 Å². The predicted octanol–water partition coefficient (Wildman–Crippen LogP) is 2.96. The Bertz CT molecular complexity index is 361. The predicted molar refractivity (Wildman–Crippen MR) is 66.2 cm³/mol. The summed E-state index contributed by atoms with van der Waals surface area (Å²) in [6.07, 6.45) is -0.113. The minimum absolute atomic E-state index is 0.0651. The van der Waals surface area contributed by atoms with Gasteiger partial charge in [-0.2, -0.15) is 0 Å². The average molecular weight is 240 g/mol. The number of aliphatic hydroxyl groups is 2. The molecule has 0 aromatic heterocycles. The van der Waals surface area contributed by atoms with E-state index in [0.29, 0.717) is 11.1 Å². The summed E-state index contributed by atoms with van der Waals surface area (Å²) < 4.78 is 13.1. The molecule has 0 amide bonds. The van der Waals surface area contributed by atoms with Crippen molar-refractivity contribution in [2.75, 3.05) is 0 Å². The Kier molecular flexibility index (Phi) is 5.09. The van der Waals surface area contributed by atoms with E-state index in [0.717, 1.165) is 12.8 Å². The van der Waals surface area contributed by atoms with Crippen LogP contribution in [0.25, 0.3) is 0 Å². The molecule has 2 unspecified atom stereocenters. The third-order valence-corrected chi connectivity index (χ3v) is 3.38. The van der Waals surface area contributed by atoms with Gasteiger partial charge in [0, 0.05) is 0 Å². The van der Waals surface area contributed by atoms with Crippen molar-refractivity contribution in [1.82, 2.24) is 0 Å². The Morgan fingerprint density at radius 2 is 1.76 bits per heavy atom. The van der Waals surface area contributed by atoms with Gasteiger partial charge in [0.25, 0.3) is 0 Å². The molecule has 96 valence electrons. The second kappa shape index (κ2) is 6.12. The van der Waals surface area contributed by atoms with Gasteiger partial charge in [-0.1, -0.05) is 38.8 Å². The van der Waals surface area contributed by atoms with Crippen LogP contribution in [-0.4, -0.2) is 16.3 Å². The average Bonchev–Trinajstić information content (AvgIpc) is 2.33. The molecular formula is C14H21FO2. The van der Waals surface area contributed by atoms with E-state index in [1.54, 1.807) is 13.0 Å². The molecular weight excluding hydrogens is 219 g/mol. The van der Waals surface area contributed by atoms with Crippen LogP contribution in [0.2, 0.25) is 0 Å². The van der Waals surface area contributed by atoms with Crippen LogP contribution in [0.1, 0.15) is 43.9 Å². The molecule has 0 radical (unpaired) electrons. The van der Waals surface area contributed by atoms with Gasteiger partial charge in [0.2, 0.25) is 0 Å². The molecule has 17 heavy (non-hydrogen) atoms. The van der Waals surface area contributed by atoms with Gasteiger partial charge in [-0.25, -0.2) is 4.39 Å². The lowest BCUT2D eigenvalue weighted by Crippen LogP contribution is -2.27. The van der Waals surface area contributed by atoms with E-state index in [1.165, 1.54) is 12.1 Å². The Labute approximate surface area is 102 Å². The van der Waals surface area contributed by atoms with Crippen molar-refractivity contribution in [3.05, 3.63) is 35.1 Å². The molecule has 3 heteroatoms. The van der Waals surface area contributed by atoms with E-state index in [4.69, 9.17) is 0 Å². The number of halogens is 1. The minimum atomic E-state index is -0.945. The molecule has 1 aromatic carbocycles. The fourth-order valence-corrected chi connectivity index (χ4v) is 2.08. The quantitative estimate of drug-likeness (QED) is 0.830. The SMILES string of the molecule is CCC(CC)C(O)C(O)c1ccc(F)c(C)c1. The van der Waals surface area contributed by atoms with Crippen molar-refractivity contribution in [2.45, 2.75) is 45.8 Å². The molecule has 0 aliphatic heterocycles. The van der Waals surface area contributed by atoms with Crippen molar-refractivity contribution >= 4 is 0 Å². The van der Waals surface area contributed by atoms with Gasteiger partial charge in [0.05, 0.1) is 6.10 Å². The zero-order valence-corrected chi connectivity index (χ0v) is 10.7. The molecule has 1 rings (SSSR count). The van der Waals surface area contributed by atoms with Crippen LogP contribution in [0.4, 0.5) is 4.39 Å². The molecule has 0 saturated heterocycles. The number of hydrogen-bond acceptors (Lipinski definition) is 2. The third-order valence-electron chi connectivity index (χ3n) is 3.38. The van der Waals surface area contributed by atoms with Crippen LogP contribution in [0.5, 0.6) is 0 Å². The van der Waals surface area contributed by atoms with Gasteiger partial charge < -0.3 is 10.2 Å². The maximum atomic E-state index is 13.1. The van der Waals surface area contributed by atoms with Crippen molar-refractivity contribution in [3.63, 3.8) is 0 Å². The van der Waals surface area contributed by atoms with E-state index in [1.807, 2.05) is 13.8 Å². The first-order chi connectivity index (χ1) is 8.01. The van der Waals surface area contributed by atoms with Crippen LogP contribution < -0.4 is 0 Å². The number of aryl methyl sites for hydroxylation is 1. The fraction of sp³-hybridized carbons (Fsp3) is 0.571. The topological polar surface area (TPSA) is 40.5 Å². The Morgan fingerprint density at radius 3 is 2.24 bits per heavy atom. The largest absolute Gasteiger partial charge is 0.390 e. The van der Waals surface area contributed by atoms with Crippen molar-refractivity contribution in [1.29, 1.82) is 0 Å². The van der Waals surface area contributed by atoms with Crippen LogP contribution in [0.15, 0.2) is 18.2 Å². The lowest BCUT2D eigenvalue weighted by atomic mass is 9.89. The Hall–Kier alpha value is -0.930. The highest BCUT2D eigenvalue weighted by molar-refractivity contribution is 5.26. The summed E-state index contributed by atoms with van der Waals surface area (Å²) in [5, 5.41) is 20.1. The molecule has 2 N–H and O–H groups in total. The summed E-state index contributed by atoms with van der Waals surface area (Å²) in [5.41, 5.74) is 1.06. The lowest BCUT2D eigenvalue weighted by molar-refractivity contribution is -0.0210. The molecule has 0 heterocycles. The van der Waals surface area contributed by atoms with E-state index in [2.05, 4.69) is 0 Å². The van der Waals surface area contributed by atoms with Crippen molar-refractivity contribution in [2.24, 2.45) is 5.92 Å². The highest BCUT2D eigenvalue weighted by atomic mass is 19.1. The Balaban J connectivity index is 2.87. The van der Waals surface area contributed by atoms with Gasteiger partial charge in [-0.15, -0.1) is 0 Å². The second-order valence-electron chi connectivity index (χ2n) is 4.52. The molecule has 0 aliphatic rings. The van der Waals surface area contributed by atoms with E-state index in [9.17, 15) is 14.6 Å². The number of hydrogen-bond donors (Lipinski definition) is 2. The molecule has 2 nitrogen and oxygen atoms in total. The molecule has 0 fully saturated rings. The second-order valence-corrected chi connectivity index (χ2v) is 4.52. The van der Waals surface area contributed by atoms with Crippen LogP contribution in [0, 0.1) is 18.7 Å². The van der Waals surface area contributed by atoms with Crippen LogP contribution in [-0.2, 0) is 0 Å². The minimum Gasteiger partial charge on any atom is -0.390 e. The van der Waals surface area contributed by atoms with Crippen molar-refractivity contribution in [3.8, 4) is 0 Å². The van der Waals surface area contributed by atoms with E-state index >= 15 is 0 Å². The lowest BCUT2D eigenvalue weighted by Gasteiger charge is -2.25. The first kappa shape index (κ1) is 14.1. The van der Waals surface area contributed by atoms with Gasteiger partial charge in [-0.3, -0.25) is 0 Å². The maximum absolute atomic E-state index is 13.1. The zero-order chi connectivity index (χ0) is 13.0. The standard InChI is InChI=1S/C14H21FO2/c1-4-10(5-2)13(16)14(17)11-6-7-12(15)9(3)8-11/h6-8,10,13-14,16-17H,4-5H2,1-3H3. The molecule has 0 spiro atoms. The highest BCUT2D eigenvalue weighted by Crippen LogP contribution is 2.26. The molecule has 2 atom stereocenters. The third kappa shape index (κ3) is 3.27. The smallest absolute Gasteiger partial charge is 0.126 e. The summed E-state index contributed by atoms with van der Waals surface area (Å²) in [5.74, 6) is -0.228. The monoisotopic (exact) mass is 240 g/mol. The summed E-state index contributed by atoms with van der Waals surface area (Å²) in [6, 6.07) is 4.44. The van der Waals surface area contributed by atoms with Crippen LogP contribution in [0.3, 0.4) is 0 Å². The zero-order valence-electron chi connectivity index (χ0n) is 10.7. The van der Waals surface area contributed by atoms with Gasteiger partial charge in [-0.05, 0) is 30.0 Å². The first-order valence-corrected chi connectivity index (χ1v) is 6.13. The number of rotatable bonds is 5. The molecule has 0 saturated carbocycles. The summed E-state index contributed by atoms with van der Waals surface area (Å²) in [4.78, 5) is 0. The van der Waals surface area contributed by atoms with Gasteiger partial charge in [0.1, 0.15) is 11.9 Å². The number of benzene rings is 1. The maximum Gasteiger partial charge on any atom is 0.126 e. The molecule has 1 aromatic rings. The normalized spacial score (nSPS) is 15.0. The Morgan fingerprint density at radius 1 is 1.18 bits per heavy atom. The fourth-order valence-electron chi connectivity index (χ4n) is 2.08. The molecule has 0 aliphatic carbocycles. The van der Waals surface area contributed by atoms with Crippen LogP contribution >= 0.6 is 0 Å². The van der Waals surface area contributed by atoms with Crippen molar-refractivity contribution < 1.29 is 14.6 Å². The summed E-state index contributed by atoms with van der Waals surface area (Å²) in [7, 11) is 0. The first-order valence-electron chi connectivity index (χ1n) is 6.13. The summed E-state index contributed by atoms with van der Waals surface area (Å²) in [6.45, 7) is 5.62. The summed E-state index contributed by atoms with van der Waals surface area (Å²) >= 11 is 0. The molecule has 0 bridgehead atoms. The van der Waals surface area contributed by atoms with E-state index < -0.39 is 12.2 Å².